The van der Waals surface area contributed by atoms with Gasteiger partial charge >= 0.3 is 0 Å². The van der Waals surface area contributed by atoms with Gasteiger partial charge in [-0.25, -0.2) is 0 Å². The maximum atomic E-state index is 10.0. The van der Waals surface area contributed by atoms with Crippen molar-refractivity contribution in [2.75, 3.05) is 32.9 Å². The van der Waals surface area contributed by atoms with Crippen LogP contribution in [0.2, 0.25) is 5.02 Å². The van der Waals surface area contributed by atoms with Crippen molar-refractivity contribution < 1.29 is 14.6 Å². The largest absolute Gasteiger partial charge is 0.389 e. The molecule has 1 heterocycles. The van der Waals surface area contributed by atoms with Gasteiger partial charge in [-0.3, -0.25) is 4.90 Å². The molecule has 1 N–H and O–H groups in total. The van der Waals surface area contributed by atoms with Gasteiger partial charge in [0.1, 0.15) is 0 Å². The number of aliphatic hydroxyl groups is 1. The highest BCUT2D eigenvalue weighted by atomic mass is 35.5. The van der Waals surface area contributed by atoms with E-state index in [0.717, 1.165) is 25.3 Å². The summed E-state index contributed by atoms with van der Waals surface area (Å²) in [6, 6.07) is 7.93. The third kappa shape index (κ3) is 4.72. The Hall–Kier alpha value is -0.650. The monoisotopic (exact) mass is 299 g/mol. The fourth-order valence-electron chi connectivity index (χ4n) is 2.28. The van der Waals surface area contributed by atoms with Crippen LogP contribution in [0.1, 0.15) is 12.5 Å². The Morgan fingerprint density at radius 3 is 3.05 bits per heavy atom. The number of benzene rings is 1. The minimum Gasteiger partial charge on any atom is -0.389 e. The molecule has 2 rings (SSSR count). The van der Waals surface area contributed by atoms with E-state index in [0.29, 0.717) is 30.8 Å². The molecule has 1 aromatic rings. The van der Waals surface area contributed by atoms with Crippen LogP contribution >= 0.6 is 11.6 Å². The molecule has 4 nitrogen and oxygen atoms in total. The van der Waals surface area contributed by atoms with E-state index in [1.807, 2.05) is 24.3 Å². The number of nitrogens with zero attached hydrogens (tertiary/aromatic N) is 1. The molecule has 1 aliphatic rings. The minimum atomic E-state index is -0.488. The van der Waals surface area contributed by atoms with Crippen LogP contribution < -0.4 is 0 Å². The molecule has 1 aromatic carbocycles. The molecule has 0 bridgehead atoms. The Balaban J connectivity index is 1.70. The van der Waals surface area contributed by atoms with Gasteiger partial charge in [-0.05, 0) is 18.6 Å². The number of aliphatic hydroxyl groups excluding tert-OH is 1. The average molecular weight is 300 g/mol. The van der Waals surface area contributed by atoms with Crippen LogP contribution in [0.3, 0.4) is 0 Å². The predicted octanol–water partition coefficient (Wildman–Crippen LogP) is 1.94. The van der Waals surface area contributed by atoms with Crippen molar-refractivity contribution in [3.8, 4) is 0 Å². The summed E-state index contributed by atoms with van der Waals surface area (Å²) in [5.41, 5.74) is 0.945. The van der Waals surface area contributed by atoms with E-state index in [4.69, 9.17) is 21.1 Å². The van der Waals surface area contributed by atoms with Crippen molar-refractivity contribution in [3.63, 3.8) is 0 Å². The molecule has 0 aromatic heterocycles. The second-order valence-electron chi connectivity index (χ2n) is 5.18. The van der Waals surface area contributed by atoms with Crippen LogP contribution in [0, 0.1) is 0 Å². The van der Waals surface area contributed by atoms with Gasteiger partial charge in [0.25, 0.3) is 0 Å². The van der Waals surface area contributed by atoms with E-state index in [1.165, 1.54) is 0 Å². The van der Waals surface area contributed by atoms with E-state index in [1.54, 1.807) is 0 Å². The zero-order valence-corrected chi connectivity index (χ0v) is 12.6. The first-order chi connectivity index (χ1) is 9.66. The van der Waals surface area contributed by atoms with Gasteiger partial charge in [-0.1, -0.05) is 29.8 Å². The van der Waals surface area contributed by atoms with E-state index >= 15 is 0 Å². The fourth-order valence-corrected chi connectivity index (χ4v) is 2.47. The van der Waals surface area contributed by atoms with E-state index < -0.39 is 6.10 Å². The van der Waals surface area contributed by atoms with Crippen molar-refractivity contribution in [2.24, 2.45) is 0 Å². The molecule has 5 heteroatoms. The van der Waals surface area contributed by atoms with Gasteiger partial charge in [0.05, 0.1) is 32.5 Å². The number of β-amino-alcohol motifs (C(OH)–C–C–N with tert-alkyl or cyclic N) is 1. The summed E-state index contributed by atoms with van der Waals surface area (Å²) in [5.74, 6) is 0. The van der Waals surface area contributed by atoms with Gasteiger partial charge in [0, 0.05) is 24.2 Å². The standard InChI is InChI=1S/C15H22ClNO3/c1-12-9-19-7-6-17(12)8-14(18)11-20-10-13-4-2-3-5-15(13)16/h2-5,12,14,18H,6-11H2,1H3. The summed E-state index contributed by atoms with van der Waals surface area (Å²) in [6.45, 7) is 5.79. The third-order valence-electron chi connectivity index (χ3n) is 3.48. The Morgan fingerprint density at radius 2 is 2.30 bits per heavy atom. The highest BCUT2D eigenvalue weighted by Gasteiger charge is 2.21. The van der Waals surface area contributed by atoms with Crippen molar-refractivity contribution >= 4 is 11.6 Å². The summed E-state index contributed by atoms with van der Waals surface area (Å²) < 4.78 is 10.9. The molecule has 0 spiro atoms. The molecular weight excluding hydrogens is 278 g/mol. The molecule has 1 saturated heterocycles. The third-order valence-corrected chi connectivity index (χ3v) is 3.84. The number of hydrogen-bond acceptors (Lipinski definition) is 4. The molecule has 2 unspecified atom stereocenters. The zero-order chi connectivity index (χ0) is 14.4. The first kappa shape index (κ1) is 15.7. The molecule has 0 aliphatic carbocycles. The van der Waals surface area contributed by atoms with E-state index in [9.17, 15) is 5.11 Å². The van der Waals surface area contributed by atoms with Gasteiger partial charge in [0.2, 0.25) is 0 Å². The van der Waals surface area contributed by atoms with Crippen LogP contribution in [0.15, 0.2) is 24.3 Å². The second kappa shape index (κ2) is 7.96. The van der Waals surface area contributed by atoms with Crippen molar-refractivity contribution in [3.05, 3.63) is 34.9 Å². The maximum Gasteiger partial charge on any atom is 0.0900 e. The van der Waals surface area contributed by atoms with Crippen LogP contribution in [0.25, 0.3) is 0 Å². The van der Waals surface area contributed by atoms with Gasteiger partial charge in [-0.15, -0.1) is 0 Å². The number of ether oxygens (including phenoxy) is 2. The number of morpholine rings is 1. The summed E-state index contributed by atoms with van der Waals surface area (Å²) in [6.07, 6.45) is -0.488. The second-order valence-corrected chi connectivity index (χ2v) is 5.59. The van der Waals surface area contributed by atoms with Crippen LogP contribution in [-0.4, -0.2) is 55.1 Å². The molecule has 112 valence electrons. The Kier molecular flexibility index (Phi) is 6.26. The summed E-state index contributed by atoms with van der Waals surface area (Å²) >= 11 is 6.05. The minimum absolute atomic E-state index is 0.315. The van der Waals surface area contributed by atoms with E-state index in [2.05, 4.69) is 11.8 Å². The topological polar surface area (TPSA) is 41.9 Å². The van der Waals surface area contributed by atoms with Crippen molar-refractivity contribution in [1.29, 1.82) is 0 Å². The zero-order valence-electron chi connectivity index (χ0n) is 11.8. The van der Waals surface area contributed by atoms with Crippen LogP contribution in [0.5, 0.6) is 0 Å². The molecule has 1 aliphatic heterocycles. The fraction of sp³-hybridized carbons (Fsp3) is 0.600. The summed E-state index contributed by atoms with van der Waals surface area (Å²) in [5, 5.41) is 10.7. The maximum absolute atomic E-state index is 10.0. The van der Waals surface area contributed by atoms with E-state index in [-0.39, 0.29) is 0 Å². The lowest BCUT2D eigenvalue weighted by Crippen LogP contribution is -2.47. The molecule has 1 fully saturated rings. The summed E-state index contributed by atoms with van der Waals surface area (Å²) in [7, 11) is 0. The Bertz CT molecular complexity index is 416. The number of hydrogen-bond donors (Lipinski definition) is 1. The smallest absolute Gasteiger partial charge is 0.0900 e. The van der Waals surface area contributed by atoms with Crippen LogP contribution in [0.4, 0.5) is 0 Å². The molecule has 20 heavy (non-hydrogen) atoms. The first-order valence-corrected chi connectivity index (χ1v) is 7.35. The van der Waals surface area contributed by atoms with Gasteiger partial charge < -0.3 is 14.6 Å². The Labute approximate surface area is 125 Å². The molecule has 0 amide bonds. The lowest BCUT2D eigenvalue weighted by atomic mass is 10.2. The predicted molar refractivity (Wildman–Crippen MR) is 79.0 cm³/mol. The van der Waals surface area contributed by atoms with Gasteiger partial charge in [-0.2, -0.15) is 0 Å². The van der Waals surface area contributed by atoms with Crippen LogP contribution in [-0.2, 0) is 16.1 Å². The van der Waals surface area contributed by atoms with Crippen molar-refractivity contribution in [1.82, 2.24) is 4.90 Å². The average Bonchev–Trinajstić information content (AvgIpc) is 2.43. The summed E-state index contributed by atoms with van der Waals surface area (Å²) in [4.78, 5) is 2.23. The first-order valence-electron chi connectivity index (χ1n) is 6.98. The van der Waals surface area contributed by atoms with Crippen molar-refractivity contribution in [2.45, 2.75) is 25.7 Å². The molecule has 0 saturated carbocycles. The molecular formula is C15H22ClNO3. The SMILES string of the molecule is CC1COCCN1CC(O)COCc1ccccc1Cl. The lowest BCUT2D eigenvalue weighted by molar-refractivity contribution is -0.0399. The van der Waals surface area contributed by atoms with Gasteiger partial charge in [0.15, 0.2) is 0 Å². The Morgan fingerprint density at radius 1 is 1.50 bits per heavy atom. The number of halogens is 1. The molecule has 2 atom stereocenters. The normalized spacial score (nSPS) is 21.9. The lowest BCUT2D eigenvalue weighted by Gasteiger charge is -2.34. The highest BCUT2D eigenvalue weighted by molar-refractivity contribution is 6.31. The molecule has 0 radical (unpaired) electrons. The number of rotatable bonds is 6. The highest BCUT2D eigenvalue weighted by Crippen LogP contribution is 2.15. The quantitative estimate of drug-likeness (QED) is 0.872.